The van der Waals surface area contributed by atoms with Crippen molar-refractivity contribution in [3.63, 3.8) is 0 Å². The molecule has 0 aliphatic rings. The van der Waals surface area contributed by atoms with Gasteiger partial charge >= 0.3 is 18.2 Å². The Labute approximate surface area is 175 Å². The molecule has 4 N–H and O–H groups in total. The maximum absolute atomic E-state index is 11.5. The molecule has 172 valence electrons. The van der Waals surface area contributed by atoms with Crippen molar-refractivity contribution in [2.45, 2.75) is 91.9 Å². The first-order valence-corrected chi connectivity index (χ1v) is 10.2. The number of carbonyl (C=O) groups excluding carboxylic acids is 2. The summed E-state index contributed by atoms with van der Waals surface area (Å²) in [6.45, 7) is 15.8. The zero-order valence-corrected chi connectivity index (χ0v) is 19.3. The van der Waals surface area contributed by atoms with E-state index in [1.165, 1.54) is 0 Å². The van der Waals surface area contributed by atoms with Crippen molar-refractivity contribution in [1.29, 1.82) is 0 Å². The Balaban J connectivity index is 0. The highest BCUT2D eigenvalue weighted by molar-refractivity contribution is 5.73. The van der Waals surface area contributed by atoms with Crippen LogP contribution >= 0.6 is 0 Å². The molecule has 0 fully saturated rings. The lowest BCUT2D eigenvalue weighted by Gasteiger charge is -2.20. The monoisotopic (exact) mass is 419 g/mol. The van der Waals surface area contributed by atoms with E-state index in [2.05, 4.69) is 16.0 Å². The van der Waals surface area contributed by atoms with Gasteiger partial charge in [0.05, 0.1) is 0 Å². The average Bonchev–Trinajstić information content (AvgIpc) is 2.54. The van der Waals surface area contributed by atoms with Gasteiger partial charge in [0.15, 0.2) is 0 Å². The molecule has 0 aliphatic heterocycles. The molecule has 9 heteroatoms. The lowest BCUT2D eigenvalue weighted by atomic mass is 10.1. The second-order valence-electron chi connectivity index (χ2n) is 8.20. The third-order valence-corrected chi connectivity index (χ3v) is 3.05. The van der Waals surface area contributed by atoms with E-state index in [4.69, 9.17) is 9.47 Å². The highest BCUT2D eigenvalue weighted by Gasteiger charge is 2.18. The van der Waals surface area contributed by atoms with E-state index in [0.717, 1.165) is 0 Å². The summed E-state index contributed by atoms with van der Waals surface area (Å²) in [5.74, 6) is -0.952. The van der Waals surface area contributed by atoms with Crippen LogP contribution < -0.4 is 16.0 Å². The number of ether oxygens (including phenoxy) is 2. The number of hydrogen-bond acceptors (Lipinski definition) is 6. The van der Waals surface area contributed by atoms with Crippen molar-refractivity contribution in [3.05, 3.63) is 0 Å². The number of carbonyl (C=O) groups is 3. The fourth-order valence-corrected chi connectivity index (χ4v) is 1.99. The second kappa shape index (κ2) is 14.9. The van der Waals surface area contributed by atoms with Gasteiger partial charge in [0.1, 0.15) is 17.2 Å². The van der Waals surface area contributed by atoms with Gasteiger partial charge in [0, 0.05) is 13.1 Å². The summed E-state index contributed by atoms with van der Waals surface area (Å²) < 4.78 is 10.2. The summed E-state index contributed by atoms with van der Waals surface area (Å²) >= 11 is 0. The number of carboxylic acids is 1. The summed E-state index contributed by atoms with van der Waals surface area (Å²) in [4.78, 5) is 34.3. The fourth-order valence-electron chi connectivity index (χ4n) is 1.99. The highest BCUT2D eigenvalue weighted by Crippen LogP contribution is 2.07. The van der Waals surface area contributed by atoms with E-state index in [9.17, 15) is 19.5 Å². The maximum Gasteiger partial charge on any atom is 0.407 e. The van der Waals surface area contributed by atoms with Gasteiger partial charge in [-0.1, -0.05) is 13.8 Å². The first-order chi connectivity index (χ1) is 13.3. The smallest absolute Gasteiger partial charge is 0.407 e. The highest BCUT2D eigenvalue weighted by atomic mass is 16.6. The third-order valence-electron chi connectivity index (χ3n) is 3.05. The normalized spacial score (nSPS) is 12.1. The van der Waals surface area contributed by atoms with E-state index in [1.807, 2.05) is 13.8 Å². The first kappa shape index (κ1) is 29.2. The molecule has 9 nitrogen and oxygen atoms in total. The lowest BCUT2D eigenvalue weighted by molar-refractivity contribution is -0.139. The number of carboxylic acid groups (broad SMARTS) is 1. The van der Waals surface area contributed by atoms with Crippen LogP contribution in [0.2, 0.25) is 0 Å². The molecule has 0 aromatic heterocycles. The van der Waals surface area contributed by atoms with Gasteiger partial charge in [-0.3, -0.25) is 4.79 Å². The summed E-state index contributed by atoms with van der Waals surface area (Å²) in [7, 11) is 0. The number of aliphatic carboxylic acids is 1. The summed E-state index contributed by atoms with van der Waals surface area (Å²) in [6.07, 6.45) is 0.421. The van der Waals surface area contributed by atoms with Crippen LogP contribution in [0.5, 0.6) is 0 Å². The summed E-state index contributed by atoms with van der Waals surface area (Å²) in [6, 6.07) is -0.716. The third kappa shape index (κ3) is 20.5. The van der Waals surface area contributed by atoms with Gasteiger partial charge in [0.2, 0.25) is 0 Å². The van der Waals surface area contributed by atoms with Crippen molar-refractivity contribution in [1.82, 2.24) is 16.0 Å². The first-order valence-electron chi connectivity index (χ1n) is 10.2. The zero-order chi connectivity index (χ0) is 23.1. The van der Waals surface area contributed by atoms with Crippen LogP contribution in [0, 0.1) is 0 Å². The largest absolute Gasteiger partial charge is 0.480 e. The standard InChI is InChI=1S/C18H35N3O6.C2H6/c1-17(2,3)26-15(24)20-10-7-9-13(14(22)23)19-11-8-12-21-16(25)27-18(4,5)6;1-2/h13,19H,7-12H2,1-6H3,(H,20,24)(H,21,25)(H,22,23);1-2H3. The fraction of sp³-hybridized carbons (Fsp3) is 0.850. The molecule has 0 aromatic rings. The predicted octanol–water partition coefficient (Wildman–Crippen LogP) is 3.28. The molecule has 0 aliphatic carbocycles. The van der Waals surface area contributed by atoms with E-state index < -0.39 is 35.4 Å². The minimum absolute atomic E-state index is 0.334. The topological polar surface area (TPSA) is 126 Å². The van der Waals surface area contributed by atoms with Gasteiger partial charge < -0.3 is 30.5 Å². The Morgan fingerprint density at radius 1 is 0.793 bits per heavy atom. The number of alkyl carbamates (subject to hydrolysis) is 2. The number of hydrogen-bond donors (Lipinski definition) is 4. The van der Waals surface area contributed by atoms with Crippen molar-refractivity contribution in [3.8, 4) is 0 Å². The Hall–Kier alpha value is -2.03. The Morgan fingerprint density at radius 2 is 1.21 bits per heavy atom. The maximum atomic E-state index is 11.5. The average molecular weight is 420 g/mol. The molecule has 29 heavy (non-hydrogen) atoms. The van der Waals surface area contributed by atoms with E-state index in [-0.39, 0.29) is 0 Å². The summed E-state index contributed by atoms with van der Waals surface area (Å²) in [5.41, 5.74) is -1.12. The Bertz CT molecular complexity index is 484. The molecule has 0 rings (SSSR count). The number of nitrogens with one attached hydrogen (secondary N) is 3. The van der Waals surface area contributed by atoms with E-state index in [1.54, 1.807) is 41.5 Å². The van der Waals surface area contributed by atoms with Crippen LogP contribution in [0.4, 0.5) is 9.59 Å². The second-order valence-corrected chi connectivity index (χ2v) is 8.20. The molecule has 1 unspecified atom stereocenters. The number of amides is 2. The van der Waals surface area contributed by atoms with Gasteiger partial charge in [-0.2, -0.15) is 0 Å². The molecule has 1 atom stereocenters. The summed E-state index contributed by atoms with van der Waals surface area (Å²) in [5, 5.41) is 17.4. The number of rotatable bonds is 10. The van der Waals surface area contributed by atoms with Crippen molar-refractivity contribution >= 4 is 18.2 Å². The van der Waals surface area contributed by atoms with Crippen LogP contribution in [0.25, 0.3) is 0 Å². The quantitative estimate of drug-likeness (QED) is 0.400. The zero-order valence-electron chi connectivity index (χ0n) is 19.3. The molecular weight excluding hydrogens is 378 g/mol. The molecule has 0 saturated carbocycles. The van der Waals surface area contributed by atoms with Gasteiger partial charge in [-0.25, -0.2) is 9.59 Å². The van der Waals surface area contributed by atoms with E-state index in [0.29, 0.717) is 38.9 Å². The minimum atomic E-state index is -0.952. The predicted molar refractivity (Wildman–Crippen MR) is 113 cm³/mol. The van der Waals surface area contributed by atoms with Crippen LogP contribution in [-0.2, 0) is 14.3 Å². The van der Waals surface area contributed by atoms with Crippen LogP contribution in [0.3, 0.4) is 0 Å². The molecule has 0 spiro atoms. The van der Waals surface area contributed by atoms with Crippen molar-refractivity contribution < 1.29 is 29.0 Å². The van der Waals surface area contributed by atoms with Crippen LogP contribution in [-0.4, -0.2) is 60.1 Å². The molecular formula is C20H41N3O6. The Morgan fingerprint density at radius 3 is 1.59 bits per heavy atom. The van der Waals surface area contributed by atoms with Crippen LogP contribution in [0.15, 0.2) is 0 Å². The SMILES string of the molecule is CC.CC(C)(C)OC(=O)NCCCNC(CCCNC(=O)OC(C)(C)C)C(=O)O. The van der Waals surface area contributed by atoms with Gasteiger partial charge in [-0.05, 0) is 67.3 Å². The lowest BCUT2D eigenvalue weighted by Crippen LogP contribution is -2.40. The Kier molecular flexibility index (Phi) is 15.0. The van der Waals surface area contributed by atoms with Crippen LogP contribution in [0.1, 0.15) is 74.7 Å². The molecule has 0 bridgehead atoms. The molecule has 0 heterocycles. The molecule has 0 radical (unpaired) electrons. The molecule has 0 saturated heterocycles. The molecule has 0 aromatic carbocycles. The van der Waals surface area contributed by atoms with Gasteiger partial charge in [-0.15, -0.1) is 0 Å². The minimum Gasteiger partial charge on any atom is -0.480 e. The van der Waals surface area contributed by atoms with E-state index >= 15 is 0 Å². The van der Waals surface area contributed by atoms with Gasteiger partial charge in [0.25, 0.3) is 0 Å². The molecule has 2 amide bonds. The van der Waals surface area contributed by atoms with Crippen molar-refractivity contribution in [2.24, 2.45) is 0 Å². The van der Waals surface area contributed by atoms with Crippen molar-refractivity contribution in [2.75, 3.05) is 19.6 Å².